The first-order valence-electron chi connectivity index (χ1n) is 7.05. The van der Waals surface area contributed by atoms with Gasteiger partial charge in [0, 0.05) is 58.8 Å². The molecule has 108 valence electrons. The lowest BCUT2D eigenvalue weighted by molar-refractivity contribution is -0.139. The Morgan fingerprint density at radius 2 is 1.74 bits per heavy atom. The van der Waals surface area contributed by atoms with E-state index in [-0.39, 0.29) is 11.8 Å². The van der Waals surface area contributed by atoms with Gasteiger partial charge in [-0.3, -0.25) is 14.5 Å². The highest BCUT2D eigenvalue weighted by Crippen LogP contribution is 2.05. The van der Waals surface area contributed by atoms with E-state index in [4.69, 9.17) is 0 Å². The molecule has 1 unspecified atom stereocenters. The standard InChI is InChI=1S/C13H24N4O2/c1-11-9-15(4-3-14-11)10-13(19)17-7-5-16(6-8-17)12(2)18/h11,14H,3-10H2,1-2H3. The number of piperazine rings is 2. The lowest BCUT2D eigenvalue weighted by Crippen LogP contribution is -2.55. The third kappa shape index (κ3) is 3.91. The summed E-state index contributed by atoms with van der Waals surface area (Å²) < 4.78 is 0. The summed E-state index contributed by atoms with van der Waals surface area (Å²) in [6.07, 6.45) is 0. The first-order chi connectivity index (χ1) is 9.06. The molecule has 0 aromatic rings. The van der Waals surface area contributed by atoms with Gasteiger partial charge in [-0.1, -0.05) is 0 Å². The highest BCUT2D eigenvalue weighted by atomic mass is 16.2. The molecule has 2 aliphatic heterocycles. The summed E-state index contributed by atoms with van der Waals surface area (Å²) in [5.41, 5.74) is 0. The van der Waals surface area contributed by atoms with Crippen LogP contribution in [-0.2, 0) is 9.59 Å². The van der Waals surface area contributed by atoms with Gasteiger partial charge in [-0.25, -0.2) is 0 Å². The summed E-state index contributed by atoms with van der Waals surface area (Å²) >= 11 is 0. The van der Waals surface area contributed by atoms with Crippen molar-refractivity contribution in [3.63, 3.8) is 0 Å². The molecule has 19 heavy (non-hydrogen) atoms. The quantitative estimate of drug-likeness (QED) is 0.696. The summed E-state index contributed by atoms with van der Waals surface area (Å²) in [6.45, 7) is 9.71. The first-order valence-corrected chi connectivity index (χ1v) is 7.05. The average Bonchev–Trinajstić information content (AvgIpc) is 2.39. The van der Waals surface area contributed by atoms with E-state index >= 15 is 0 Å². The predicted octanol–water partition coefficient (Wildman–Crippen LogP) is -1.03. The largest absolute Gasteiger partial charge is 0.339 e. The van der Waals surface area contributed by atoms with Gasteiger partial charge in [-0.2, -0.15) is 0 Å². The molecule has 0 radical (unpaired) electrons. The van der Waals surface area contributed by atoms with Crippen molar-refractivity contribution in [3.05, 3.63) is 0 Å². The van der Waals surface area contributed by atoms with E-state index < -0.39 is 0 Å². The van der Waals surface area contributed by atoms with Crippen molar-refractivity contribution in [2.45, 2.75) is 19.9 Å². The molecule has 2 amide bonds. The van der Waals surface area contributed by atoms with Crippen LogP contribution in [0.15, 0.2) is 0 Å². The lowest BCUT2D eigenvalue weighted by atomic mass is 10.2. The van der Waals surface area contributed by atoms with Crippen molar-refractivity contribution in [1.29, 1.82) is 0 Å². The van der Waals surface area contributed by atoms with Crippen LogP contribution in [0, 0.1) is 0 Å². The summed E-state index contributed by atoms with van der Waals surface area (Å²) in [6, 6.07) is 0.455. The second-order valence-corrected chi connectivity index (χ2v) is 5.48. The summed E-state index contributed by atoms with van der Waals surface area (Å²) in [4.78, 5) is 29.3. The van der Waals surface area contributed by atoms with Gasteiger partial charge in [-0.05, 0) is 6.92 Å². The molecule has 2 fully saturated rings. The Labute approximate surface area is 114 Å². The molecular formula is C13H24N4O2. The number of nitrogens with one attached hydrogen (secondary N) is 1. The molecule has 2 aliphatic rings. The van der Waals surface area contributed by atoms with Crippen LogP contribution >= 0.6 is 0 Å². The number of nitrogens with zero attached hydrogens (tertiary/aromatic N) is 3. The van der Waals surface area contributed by atoms with Gasteiger partial charge in [0.05, 0.1) is 6.54 Å². The van der Waals surface area contributed by atoms with Crippen molar-refractivity contribution in [2.75, 3.05) is 52.4 Å². The second-order valence-electron chi connectivity index (χ2n) is 5.48. The molecule has 0 aromatic heterocycles. The molecule has 6 nitrogen and oxygen atoms in total. The molecule has 2 saturated heterocycles. The summed E-state index contributed by atoms with van der Waals surface area (Å²) in [5, 5.41) is 3.37. The van der Waals surface area contributed by atoms with Crippen molar-refractivity contribution in [1.82, 2.24) is 20.0 Å². The Kier molecular flexibility index (Phi) is 4.76. The average molecular weight is 268 g/mol. The van der Waals surface area contributed by atoms with E-state index in [2.05, 4.69) is 17.1 Å². The van der Waals surface area contributed by atoms with Crippen LogP contribution in [0.2, 0.25) is 0 Å². The molecule has 0 aromatic carbocycles. The SMILES string of the molecule is CC(=O)N1CCN(C(=O)CN2CCNC(C)C2)CC1. The normalized spacial score (nSPS) is 25.5. The van der Waals surface area contributed by atoms with Crippen LogP contribution in [0.1, 0.15) is 13.8 Å². The van der Waals surface area contributed by atoms with Gasteiger partial charge in [-0.15, -0.1) is 0 Å². The maximum absolute atomic E-state index is 12.2. The number of rotatable bonds is 2. The number of amides is 2. The molecule has 1 N–H and O–H groups in total. The fourth-order valence-corrected chi connectivity index (χ4v) is 2.72. The van der Waals surface area contributed by atoms with Crippen LogP contribution in [0.25, 0.3) is 0 Å². The summed E-state index contributed by atoms with van der Waals surface area (Å²) in [5.74, 6) is 0.292. The van der Waals surface area contributed by atoms with Gasteiger partial charge in [0.2, 0.25) is 11.8 Å². The minimum Gasteiger partial charge on any atom is -0.339 e. The fraction of sp³-hybridized carbons (Fsp3) is 0.846. The third-order valence-corrected chi connectivity index (χ3v) is 3.89. The maximum atomic E-state index is 12.2. The number of carbonyl (C=O) groups is 2. The van der Waals surface area contributed by atoms with Crippen molar-refractivity contribution < 1.29 is 9.59 Å². The number of hydrogen-bond acceptors (Lipinski definition) is 4. The van der Waals surface area contributed by atoms with Gasteiger partial charge in [0.1, 0.15) is 0 Å². The number of carbonyl (C=O) groups excluding carboxylic acids is 2. The van der Waals surface area contributed by atoms with Gasteiger partial charge in [0.25, 0.3) is 0 Å². The minimum atomic E-state index is 0.100. The fourth-order valence-electron chi connectivity index (χ4n) is 2.72. The highest BCUT2D eigenvalue weighted by Gasteiger charge is 2.25. The van der Waals surface area contributed by atoms with Crippen molar-refractivity contribution in [2.24, 2.45) is 0 Å². The highest BCUT2D eigenvalue weighted by molar-refractivity contribution is 5.79. The molecule has 0 aliphatic carbocycles. The van der Waals surface area contributed by atoms with E-state index in [0.717, 1.165) is 19.6 Å². The Balaban J connectivity index is 1.76. The Hall–Kier alpha value is -1.14. The Morgan fingerprint density at radius 1 is 1.11 bits per heavy atom. The van der Waals surface area contributed by atoms with Crippen molar-refractivity contribution >= 4 is 11.8 Å². The van der Waals surface area contributed by atoms with E-state index in [9.17, 15) is 9.59 Å². The Bertz CT molecular complexity index is 340. The molecular weight excluding hydrogens is 244 g/mol. The molecule has 0 spiro atoms. The van der Waals surface area contributed by atoms with E-state index in [1.165, 1.54) is 0 Å². The van der Waals surface area contributed by atoms with Gasteiger partial charge >= 0.3 is 0 Å². The third-order valence-electron chi connectivity index (χ3n) is 3.89. The molecule has 6 heteroatoms. The topological polar surface area (TPSA) is 55.9 Å². The van der Waals surface area contributed by atoms with E-state index in [0.29, 0.717) is 38.8 Å². The molecule has 0 saturated carbocycles. The zero-order valence-electron chi connectivity index (χ0n) is 11.9. The lowest BCUT2D eigenvalue weighted by Gasteiger charge is -2.37. The molecule has 1 atom stereocenters. The molecule has 0 bridgehead atoms. The van der Waals surface area contributed by atoms with Crippen LogP contribution in [-0.4, -0.2) is 84.9 Å². The smallest absolute Gasteiger partial charge is 0.236 e. The maximum Gasteiger partial charge on any atom is 0.236 e. The molecule has 2 rings (SSSR count). The molecule has 2 heterocycles. The first kappa shape index (κ1) is 14.3. The predicted molar refractivity (Wildman–Crippen MR) is 72.7 cm³/mol. The monoisotopic (exact) mass is 268 g/mol. The van der Waals surface area contributed by atoms with Crippen LogP contribution < -0.4 is 5.32 Å². The minimum absolute atomic E-state index is 0.100. The number of hydrogen-bond donors (Lipinski definition) is 1. The zero-order valence-corrected chi connectivity index (χ0v) is 11.9. The zero-order chi connectivity index (χ0) is 13.8. The summed E-state index contributed by atoms with van der Waals surface area (Å²) in [7, 11) is 0. The van der Waals surface area contributed by atoms with Crippen LogP contribution in [0.5, 0.6) is 0 Å². The second kappa shape index (κ2) is 6.34. The van der Waals surface area contributed by atoms with Gasteiger partial charge in [0.15, 0.2) is 0 Å². The van der Waals surface area contributed by atoms with Crippen molar-refractivity contribution in [3.8, 4) is 0 Å². The van der Waals surface area contributed by atoms with E-state index in [1.807, 2.05) is 4.90 Å². The van der Waals surface area contributed by atoms with Crippen LogP contribution in [0.4, 0.5) is 0 Å². The van der Waals surface area contributed by atoms with Gasteiger partial charge < -0.3 is 15.1 Å². The van der Waals surface area contributed by atoms with E-state index in [1.54, 1.807) is 11.8 Å². The Morgan fingerprint density at radius 3 is 2.32 bits per heavy atom. The van der Waals surface area contributed by atoms with Crippen LogP contribution in [0.3, 0.4) is 0 Å².